The Balaban J connectivity index is 1.33. The molecule has 1 aromatic carbocycles. The number of hydrogen-bond acceptors (Lipinski definition) is 7. The number of alkyl halides is 1. The summed E-state index contributed by atoms with van der Waals surface area (Å²) in [6.07, 6.45) is 2.21. The molecule has 188 valence electrons. The summed E-state index contributed by atoms with van der Waals surface area (Å²) >= 11 is 7.59. The number of halogens is 1. The summed E-state index contributed by atoms with van der Waals surface area (Å²) in [6, 6.07) is 8.05. The van der Waals surface area contributed by atoms with Crippen LogP contribution in [0.1, 0.15) is 31.2 Å². The number of ether oxygens (including phenoxy) is 3. The maximum absolute atomic E-state index is 12.4. The van der Waals surface area contributed by atoms with Gasteiger partial charge in [0, 0.05) is 29.8 Å². The SMILES string of the molecule is NC(=O)OC(=O)CCCC[C@H]1SC[C@H]2NC(=O)N(CCOCCOc3ccc(CCCl)cc3)[C@H]21. The van der Waals surface area contributed by atoms with E-state index in [4.69, 9.17) is 26.8 Å². The number of hydrogen-bond donors (Lipinski definition) is 2. The Bertz CT molecular complexity index is 827. The number of nitrogens with zero attached hydrogens (tertiary/aromatic N) is 1. The third-order valence-electron chi connectivity index (χ3n) is 5.83. The van der Waals surface area contributed by atoms with Gasteiger partial charge in [-0.2, -0.15) is 11.8 Å². The minimum atomic E-state index is -1.07. The van der Waals surface area contributed by atoms with Crippen LogP contribution in [0.3, 0.4) is 0 Å². The average Bonchev–Trinajstić information content (AvgIpc) is 3.33. The van der Waals surface area contributed by atoms with Gasteiger partial charge in [-0.3, -0.25) is 4.79 Å². The Morgan fingerprint density at radius 3 is 2.71 bits per heavy atom. The van der Waals surface area contributed by atoms with Crippen LogP contribution in [0, 0.1) is 0 Å². The molecule has 3 rings (SSSR count). The minimum Gasteiger partial charge on any atom is -0.491 e. The van der Waals surface area contributed by atoms with Crippen molar-refractivity contribution in [3.8, 4) is 5.75 Å². The fourth-order valence-electron chi connectivity index (χ4n) is 4.23. The number of carbonyl (C=O) groups is 3. The second-order valence-corrected chi connectivity index (χ2v) is 9.84. The van der Waals surface area contributed by atoms with Gasteiger partial charge in [0.1, 0.15) is 12.4 Å². The fourth-order valence-corrected chi connectivity index (χ4v) is 6.05. The molecule has 2 fully saturated rings. The average molecular weight is 514 g/mol. The fraction of sp³-hybridized carbons (Fsp3) is 0.609. The zero-order valence-corrected chi connectivity index (χ0v) is 20.7. The van der Waals surface area contributed by atoms with E-state index in [-0.39, 0.29) is 24.5 Å². The Labute approximate surface area is 209 Å². The molecule has 3 atom stereocenters. The molecule has 2 aliphatic heterocycles. The molecule has 11 heteroatoms. The van der Waals surface area contributed by atoms with Crippen molar-refractivity contribution in [2.45, 2.75) is 49.4 Å². The molecule has 0 spiro atoms. The summed E-state index contributed by atoms with van der Waals surface area (Å²) in [7, 11) is 0. The normalized spacial score (nSPS) is 21.3. The van der Waals surface area contributed by atoms with Crippen molar-refractivity contribution in [2.75, 3.05) is 38.0 Å². The highest BCUT2D eigenvalue weighted by Crippen LogP contribution is 2.37. The van der Waals surface area contributed by atoms with Gasteiger partial charge in [-0.1, -0.05) is 18.6 Å². The van der Waals surface area contributed by atoms with E-state index in [1.54, 1.807) is 0 Å². The summed E-state index contributed by atoms with van der Waals surface area (Å²) < 4.78 is 15.7. The molecule has 1 aromatic rings. The molecule has 0 bridgehead atoms. The Morgan fingerprint density at radius 1 is 1.18 bits per heavy atom. The van der Waals surface area contributed by atoms with Crippen LogP contribution in [0.2, 0.25) is 0 Å². The van der Waals surface area contributed by atoms with Crippen molar-refractivity contribution in [2.24, 2.45) is 5.73 Å². The summed E-state index contributed by atoms with van der Waals surface area (Å²) in [4.78, 5) is 36.3. The van der Waals surface area contributed by atoms with Crippen LogP contribution in [0.4, 0.5) is 9.59 Å². The topological polar surface area (TPSA) is 120 Å². The summed E-state index contributed by atoms with van der Waals surface area (Å²) in [6.45, 7) is 1.82. The van der Waals surface area contributed by atoms with Gasteiger partial charge in [0.05, 0.1) is 25.3 Å². The van der Waals surface area contributed by atoms with Gasteiger partial charge < -0.3 is 30.2 Å². The number of benzene rings is 1. The van der Waals surface area contributed by atoms with Crippen LogP contribution >= 0.6 is 23.4 Å². The first kappa shape index (κ1) is 26.4. The first-order valence-corrected chi connectivity index (χ1v) is 13.1. The zero-order valence-electron chi connectivity index (χ0n) is 19.1. The van der Waals surface area contributed by atoms with Crippen molar-refractivity contribution in [3.63, 3.8) is 0 Å². The highest BCUT2D eigenvalue weighted by Gasteiger charge is 2.47. The number of esters is 1. The van der Waals surface area contributed by atoms with E-state index in [1.165, 1.54) is 5.56 Å². The van der Waals surface area contributed by atoms with E-state index in [0.29, 0.717) is 43.9 Å². The quantitative estimate of drug-likeness (QED) is 0.129. The number of aryl methyl sites for hydroxylation is 1. The zero-order chi connectivity index (χ0) is 24.3. The number of amides is 3. The predicted octanol–water partition coefficient (Wildman–Crippen LogP) is 2.92. The second-order valence-electron chi connectivity index (χ2n) is 8.19. The molecular weight excluding hydrogens is 482 g/mol. The molecular formula is C23H32ClN3O6S. The van der Waals surface area contributed by atoms with Crippen molar-refractivity contribution in [3.05, 3.63) is 29.8 Å². The van der Waals surface area contributed by atoms with Crippen LogP contribution in [0.5, 0.6) is 5.75 Å². The molecule has 0 unspecified atom stereocenters. The second kappa shape index (κ2) is 13.7. The predicted molar refractivity (Wildman–Crippen MR) is 130 cm³/mol. The molecule has 3 amide bonds. The molecule has 0 saturated carbocycles. The highest BCUT2D eigenvalue weighted by molar-refractivity contribution is 8.00. The van der Waals surface area contributed by atoms with Crippen molar-refractivity contribution >= 4 is 41.5 Å². The Hall–Kier alpha value is -2.17. The number of primary amides is 1. The van der Waals surface area contributed by atoms with E-state index < -0.39 is 12.1 Å². The molecule has 0 aromatic heterocycles. The number of rotatable bonds is 14. The number of nitrogens with one attached hydrogen (secondary N) is 1. The molecule has 0 radical (unpaired) electrons. The van der Waals surface area contributed by atoms with Gasteiger partial charge >= 0.3 is 18.1 Å². The van der Waals surface area contributed by atoms with Gasteiger partial charge in [0.25, 0.3) is 0 Å². The van der Waals surface area contributed by atoms with E-state index in [0.717, 1.165) is 30.8 Å². The maximum Gasteiger partial charge on any atom is 0.412 e. The summed E-state index contributed by atoms with van der Waals surface area (Å²) in [5.74, 6) is 1.66. The van der Waals surface area contributed by atoms with E-state index in [2.05, 4.69) is 10.1 Å². The smallest absolute Gasteiger partial charge is 0.412 e. The van der Waals surface area contributed by atoms with E-state index in [1.807, 2.05) is 40.9 Å². The van der Waals surface area contributed by atoms with Gasteiger partial charge in [0.15, 0.2) is 0 Å². The van der Waals surface area contributed by atoms with Crippen molar-refractivity contribution in [1.29, 1.82) is 0 Å². The third kappa shape index (κ3) is 7.95. The maximum atomic E-state index is 12.4. The standard InChI is InChI=1S/C23H32ClN3O6S/c24-10-9-16-5-7-17(8-6-16)32-14-13-31-12-11-27-21-18(26-23(27)30)15-34-19(21)3-1-2-4-20(28)33-22(25)29/h5-8,18-19,21H,1-4,9-15H2,(H2,25,29)(H,26,30)/t18-,19-,21-/m1/s1. The molecule has 2 heterocycles. The van der Waals surface area contributed by atoms with Crippen molar-refractivity contribution in [1.82, 2.24) is 10.2 Å². The number of urea groups is 1. The number of fused-ring (bicyclic) bond motifs is 1. The van der Waals surface area contributed by atoms with E-state index in [9.17, 15) is 14.4 Å². The first-order valence-electron chi connectivity index (χ1n) is 11.5. The lowest BCUT2D eigenvalue weighted by Gasteiger charge is -2.27. The number of carbonyl (C=O) groups excluding carboxylic acids is 3. The largest absolute Gasteiger partial charge is 0.491 e. The van der Waals surface area contributed by atoms with E-state index >= 15 is 0 Å². The molecule has 34 heavy (non-hydrogen) atoms. The molecule has 3 N–H and O–H groups in total. The minimum absolute atomic E-state index is 0.0535. The van der Waals surface area contributed by atoms with Crippen LogP contribution < -0.4 is 15.8 Å². The number of thioether (sulfide) groups is 1. The third-order valence-corrected chi connectivity index (χ3v) is 7.51. The van der Waals surface area contributed by atoms with Gasteiger partial charge in [-0.15, -0.1) is 11.6 Å². The highest BCUT2D eigenvalue weighted by atomic mass is 35.5. The Morgan fingerprint density at radius 2 is 1.97 bits per heavy atom. The lowest BCUT2D eigenvalue weighted by molar-refractivity contribution is -0.137. The molecule has 0 aliphatic carbocycles. The molecule has 2 aliphatic rings. The number of nitrogens with two attached hydrogens (primary N) is 1. The Kier molecular flexibility index (Phi) is 10.6. The summed E-state index contributed by atoms with van der Waals surface area (Å²) in [5.41, 5.74) is 6.02. The lowest BCUT2D eigenvalue weighted by atomic mass is 10.0. The molecule has 2 saturated heterocycles. The van der Waals surface area contributed by atoms with Crippen LogP contribution in [-0.2, 0) is 20.7 Å². The van der Waals surface area contributed by atoms with Crippen LogP contribution in [0.15, 0.2) is 24.3 Å². The van der Waals surface area contributed by atoms with Gasteiger partial charge in [-0.05, 0) is 37.0 Å². The lowest BCUT2D eigenvalue weighted by Crippen LogP contribution is -2.42. The summed E-state index contributed by atoms with van der Waals surface area (Å²) in [5, 5.41) is 3.36. The van der Waals surface area contributed by atoms with Crippen molar-refractivity contribution < 1.29 is 28.6 Å². The number of unbranched alkanes of at least 4 members (excludes halogenated alkanes) is 1. The van der Waals surface area contributed by atoms with Crippen LogP contribution in [0.25, 0.3) is 0 Å². The van der Waals surface area contributed by atoms with Crippen LogP contribution in [-0.4, -0.2) is 78.3 Å². The molecule has 9 nitrogen and oxygen atoms in total. The first-order chi connectivity index (χ1) is 16.5. The van der Waals surface area contributed by atoms with Gasteiger partial charge in [-0.25, -0.2) is 9.59 Å². The monoisotopic (exact) mass is 513 g/mol. The van der Waals surface area contributed by atoms with Gasteiger partial charge in [0.2, 0.25) is 0 Å².